The zero-order chi connectivity index (χ0) is 24.7. The van der Waals surface area contributed by atoms with Crippen LogP contribution in [0.1, 0.15) is 32.4 Å². The van der Waals surface area contributed by atoms with Crippen molar-refractivity contribution in [3.8, 4) is 16.9 Å². The predicted octanol–water partition coefficient (Wildman–Crippen LogP) is 5.74. The number of anilines is 2. The van der Waals surface area contributed by atoms with Crippen LogP contribution in [-0.2, 0) is 11.2 Å². The number of aromatic nitrogens is 1. The van der Waals surface area contributed by atoms with E-state index in [0.717, 1.165) is 47.4 Å². The quantitative estimate of drug-likeness (QED) is 0.481. The Morgan fingerprint density at radius 2 is 1.80 bits per heavy atom. The minimum Gasteiger partial charge on any atom is -0.407 e. The van der Waals surface area contributed by atoms with Crippen molar-refractivity contribution in [2.24, 2.45) is 5.92 Å². The van der Waals surface area contributed by atoms with Gasteiger partial charge in [-0.25, -0.2) is 13.6 Å². The molecule has 0 saturated heterocycles. The van der Waals surface area contributed by atoms with Gasteiger partial charge in [0, 0.05) is 37.0 Å². The Morgan fingerprint density at radius 3 is 2.49 bits per heavy atom. The number of rotatable bonds is 4. The number of halogens is 2. The summed E-state index contributed by atoms with van der Waals surface area (Å²) in [6.07, 6.45) is 4.43. The normalized spacial score (nSPS) is 17.2. The summed E-state index contributed by atoms with van der Waals surface area (Å²) in [6.45, 7) is 3.40. The van der Waals surface area contributed by atoms with E-state index < -0.39 is 23.5 Å². The van der Waals surface area contributed by atoms with Gasteiger partial charge in [-0.05, 0) is 68.0 Å². The van der Waals surface area contributed by atoms with Gasteiger partial charge in [-0.3, -0.25) is 14.7 Å². The zero-order valence-corrected chi connectivity index (χ0v) is 19.5. The first kappa shape index (κ1) is 23.0. The number of fused-ring (bicyclic) bond motifs is 1. The summed E-state index contributed by atoms with van der Waals surface area (Å²) in [4.78, 5) is 33.1. The summed E-state index contributed by atoms with van der Waals surface area (Å²) in [7, 11) is 0. The Labute approximate surface area is 202 Å². The maximum Gasteiger partial charge on any atom is 0.419 e. The van der Waals surface area contributed by atoms with Crippen LogP contribution < -0.4 is 14.5 Å². The van der Waals surface area contributed by atoms with Gasteiger partial charge in [0.25, 0.3) is 0 Å². The summed E-state index contributed by atoms with van der Waals surface area (Å²) in [5.74, 6) is -1.49. The molecule has 6 nitrogen and oxygen atoms in total. The highest BCUT2D eigenvalue weighted by molar-refractivity contribution is 6.03. The molecule has 0 radical (unpaired) electrons. The van der Waals surface area contributed by atoms with Crippen LogP contribution in [0.5, 0.6) is 5.75 Å². The lowest BCUT2D eigenvalue weighted by atomic mass is 10.0. The molecule has 2 heterocycles. The van der Waals surface area contributed by atoms with Crippen LogP contribution in [0.4, 0.5) is 25.0 Å². The number of pyridine rings is 1. The van der Waals surface area contributed by atoms with Crippen LogP contribution in [-0.4, -0.2) is 29.6 Å². The summed E-state index contributed by atoms with van der Waals surface area (Å²) < 4.78 is 32.9. The van der Waals surface area contributed by atoms with Crippen LogP contribution in [0.25, 0.3) is 11.1 Å². The Balaban J connectivity index is 1.49. The molecule has 1 fully saturated rings. The molecule has 5 rings (SSSR count). The zero-order valence-electron chi connectivity index (χ0n) is 19.5. The number of amides is 2. The first-order valence-corrected chi connectivity index (χ1v) is 11.6. The van der Waals surface area contributed by atoms with Crippen molar-refractivity contribution < 1.29 is 23.1 Å². The minimum atomic E-state index is -0.860. The van der Waals surface area contributed by atoms with Crippen molar-refractivity contribution >= 4 is 23.4 Å². The number of benzene rings is 2. The van der Waals surface area contributed by atoms with Crippen molar-refractivity contribution in [1.29, 1.82) is 0 Å². The Kier molecular flexibility index (Phi) is 5.96. The molecule has 0 unspecified atom stereocenters. The third kappa shape index (κ3) is 4.73. The highest BCUT2D eigenvalue weighted by Gasteiger charge is 2.35. The van der Waals surface area contributed by atoms with E-state index in [9.17, 15) is 18.4 Å². The van der Waals surface area contributed by atoms with E-state index >= 15 is 0 Å². The smallest absolute Gasteiger partial charge is 0.407 e. The third-order valence-corrected chi connectivity index (χ3v) is 6.42. The lowest BCUT2D eigenvalue weighted by Gasteiger charge is -2.40. The van der Waals surface area contributed by atoms with Crippen LogP contribution in [0.3, 0.4) is 0 Å². The van der Waals surface area contributed by atoms with E-state index in [1.54, 1.807) is 23.2 Å². The second kappa shape index (κ2) is 9.09. The predicted molar refractivity (Wildman–Crippen MR) is 128 cm³/mol. The van der Waals surface area contributed by atoms with Gasteiger partial charge in [-0.1, -0.05) is 12.1 Å². The first-order valence-electron chi connectivity index (χ1n) is 11.6. The molecule has 8 heteroatoms. The Hall–Kier alpha value is -3.81. The first-order chi connectivity index (χ1) is 16.8. The number of hydrogen-bond acceptors (Lipinski definition) is 4. The van der Waals surface area contributed by atoms with Gasteiger partial charge < -0.3 is 9.64 Å². The molecular weight excluding hydrogens is 452 g/mol. The van der Waals surface area contributed by atoms with E-state index in [2.05, 4.69) is 4.98 Å². The molecule has 1 aliphatic carbocycles. The van der Waals surface area contributed by atoms with Gasteiger partial charge in [-0.15, -0.1) is 0 Å². The monoisotopic (exact) mass is 477 g/mol. The van der Waals surface area contributed by atoms with Crippen molar-refractivity contribution in [3.05, 3.63) is 72.1 Å². The van der Waals surface area contributed by atoms with Gasteiger partial charge in [0.1, 0.15) is 5.82 Å². The molecule has 35 heavy (non-hydrogen) atoms. The third-order valence-electron chi connectivity index (χ3n) is 6.42. The summed E-state index contributed by atoms with van der Waals surface area (Å²) >= 11 is 0. The topological polar surface area (TPSA) is 62.7 Å². The van der Waals surface area contributed by atoms with E-state index in [0.29, 0.717) is 11.4 Å². The summed E-state index contributed by atoms with van der Waals surface area (Å²) in [5, 5.41) is 0. The van der Waals surface area contributed by atoms with Gasteiger partial charge in [-0.2, -0.15) is 0 Å². The highest BCUT2D eigenvalue weighted by Crippen LogP contribution is 2.39. The van der Waals surface area contributed by atoms with Gasteiger partial charge in [0.2, 0.25) is 5.91 Å². The molecule has 1 saturated carbocycles. The highest BCUT2D eigenvalue weighted by atomic mass is 19.1. The average Bonchev–Trinajstić information content (AvgIpc) is 3.65. The van der Waals surface area contributed by atoms with Crippen molar-refractivity contribution in [2.45, 2.75) is 39.2 Å². The van der Waals surface area contributed by atoms with Crippen molar-refractivity contribution in [3.63, 3.8) is 0 Å². The molecule has 0 N–H and O–H groups in total. The van der Waals surface area contributed by atoms with Crippen LogP contribution in [0.15, 0.2) is 54.7 Å². The lowest BCUT2D eigenvalue weighted by molar-refractivity contribution is -0.117. The molecule has 180 valence electrons. The Morgan fingerprint density at radius 1 is 1.03 bits per heavy atom. The maximum absolute atomic E-state index is 14.1. The Bertz CT molecular complexity index is 1290. The van der Waals surface area contributed by atoms with E-state index in [1.165, 1.54) is 24.7 Å². The molecule has 0 bridgehead atoms. The number of carbonyl (C=O) groups excluding carboxylic acids is 2. The van der Waals surface area contributed by atoms with Crippen molar-refractivity contribution in [1.82, 2.24) is 4.98 Å². The number of ether oxygens (including phenoxy) is 1. The van der Waals surface area contributed by atoms with Gasteiger partial charge in [0.05, 0.1) is 17.4 Å². The molecular formula is C27H25F2N3O3. The molecule has 0 spiro atoms. The number of nitrogens with zero attached hydrogens (tertiary/aromatic N) is 3. The van der Waals surface area contributed by atoms with Crippen LogP contribution in [0, 0.1) is 17.6 Å². The molecule has 2 amide bonds. The SMILES string of the molecule is CC(=O)N1c2ccc(-c3ccc(CC4CC4)nc3)cc2N(C(=O)Oc2cc(F)ccc2F)C[C@@H]1C. The minimum absolute atomic E-state index is 0.129. The fraction of sp³-hybridized carbons (Fsp3) is 0.296. The standard InChI is InChI=1S/C27H25F2N3O3/c1-16-15-31(27(34)35-26-13-21(28)7-9-23(26)29)25-12-19(6-10-24(25)32(16)17(2)33)20-5-8-22(30-14-20)11-18-3-4-18/h5-10,12-14,16,18H,3-4,11,15H2,1-2H3/t16-/m0/s1. The maximum atomic E-state index is 14.1. The van der Waals surface area contributed by atoms with Gasteiger partial charge in [0.15, 0.2) is 11.6 Å². The summed E-state index contributed by atoms with van der Waals surface area (Å²) in [5.41, 5.74) is 3.70. The molecule has 1 atom stereocenters. The summed E-state index contributed by atoms with van der Waals surface area (Å²) in [6, 6.07) is 11.8. The van der Waals surface area contributed by atoms with E-state index in [-0.39, 0.29) is 18.5 Å². The largest absolute Gasteiger partial charge is 0.419 e. The fourth-order valence-electron chi connectivity index (χ4n) is 4.50. The second-order valence-corrected chi connectivity index (χ2v) is 9.18. The number of carbonyl (C=O) groups is 2. The number of hydrogen-bond donors (Lipinski definition) is 0. The molecule has 1 aromatic heterocycles. The second-order valence-electron chi connectivity index (χ2n) is 9.18. The van der Waals surface area contributed by atoms with Crippen LogP contribution in [0.2, 0.25) is 0 Å². The fourth-order valence-corrected chi connectivity index (χ4v) is 4.50. The van der Waals surface area contributed by atoms with Crippen molar-refractivity contribution in [2.75, 3.05) is 16.3 Å². The van der Waals surface area contributed by atoms with E-state index in [4.69, 9.17) is 4.74 Å². The average molecular weight is 478 g/mol. The van der Waals surface area contributed by atoms with Crippen LogP contribution >= 0.6 is 0 Å². The molecule has 1 aliphatic heterocycles. The van der Waals surface area contributed by atoms with Gasteiger partial charge >= 0.3 is 6.09 Å². The van der Waals surface area contributed by atoms with E-state index in [1.807, 2.05) is 25.1 Å². The molecule has 2 aliphatic rings. The lowest BCUT2D eigenvalue weighted by Crippen LogP contribution is -2.52. The molecule has 2 aromatic carbocycles. The molecule has 3 aromatic rings.